The summed E-state index contributed by atoms with van der Waals surface area (Å²) in [6.07, 6.45) is 2.25. The Morgan fingerprint density at radius 3 is 2.50 bits per heavy atom. The zero-order valence-corrected chi connectivity index (χ0v) is 16.0. The number of urea groups is 1. The predicted molar refractivity (Wildman–Crippen MR) is 104 cm³/mol. The minimum atomic E-state index is -0.635. The van der Waals surface area contributed by atoms with E-state index >= 15 is 0 Å². The van der Waals surface area contributed by atoms with Crippen LogP contribution in [-0.2, 0) is 11.3 Å². The van der Waals surface area contributed by atoms with Crippen LogP contribution < -0.4 is 11.1 Å². The molecule has 0 spiro atoms. The van der Waals surface area contributed by atoms with Gasteiger partial charge in [0, 0.05) is 17.1 Å². The number of halogens is 1. The Hall–Kier alpha value is -2.34. The highest BCUT2D eigenvalue weighted by atomic mass is 79.9. The van der Waals surface area contributed by atoms with Crippen LogP contribution in [-0.4, -0.2) is 22.9 Å². The molecule has 26 heavy (non-hydrogen) atoms. The third kappa shape index (κ3) is 5.08. The number of nitrogens with two attached hydrogens (primary N) is 1. The molecular formula is C20H22BrN3O2. The third-order valence-electron chi connectivity index (χ3n) is 4.45. The van der Waals surface area contributed by atoms with Crippen LogP contribution in [0.4, 0.5) is 4.79 Å². The largest absolute Gasteiger partial charge is 0.352 e. The lowest BCUT2D eigenvalue weighted by Crippen LogP contribution is -2.39. The molecule has 2 aromatic carbocycles. The van der Waals surface area contributed by atoms with Crippen LogP contribution >= 0.6 is 15.9 Å². The van der Waals surface area contributed by atoms with Crippen LogP contribution in [0.1, 0.15) is 36.4 Å². The molecule has 6 heteroatoms. The molecule has 1 aliphatic rings. The molecule has 1 fully saturated rings. The van der Waals surface area contributed by atoms with Gasteiger partial charge >= 0.3 is 6.03 Å². The van der Waals surface area contributed by atoms with Gasteiger partial charge in [0.15, 0.2) is 0 Å². The molecule has 1 saturated carbocycles. The van der Waals surface area contributed by atoms with Gasteiger partial charge in [0.2, 0.25) is 5.91 Å². The lowest BCUT2D eigenvalue weighted by atomic mass is 10.0. The first kappa shape index (κ1) is 18.5. The fourth-order valence-electron chi connectivity index (χ4n) is 3.03. The summed E-state index contributed by atoms with van der Waals surface area (Å²) in [4.78, 5) is 26.4. The molecule has 3 N–H and O–H groups in total. The number of nitrogens with zero attached hydrogens (tertiary/aromatic N) is 1. The monoisotopic (exact) mass is 415 g/mol. The fourth-order valence-corrected chi connectivity index (χ4v) is 3.44. The summed E-state index contributed by atoms with van der Waals surface area (Å²) < 4.78 is 0.891. The van der Waals surface area contributed by atoms with Crippen molar-refractivity contribution in [1.29, 1.82) is 0 Å². The molecule has 5 nitrogen and oxygen atoms in total. The maximum atomic E-state index is 13.0. The second-order valence-corrected chi connectivity index (χ2v) is 7.47. The Morgan fingerprint density at radius 2 is 1.88 bits per heavy atom. The molecule has 136 valence electrons. The fraction of sp³-hybridized carbons (Fsp3) is 0.300. The summed E-state index contributed by atoms with van der Waals surface area (Å²) in [6.45, 7) is 0.589. The molecule has 0 aliphatic heterocycles. The number of primary amides is 1. The minimum Gasteiger partial charge on any atom is -0.352 e. The number of carbonyl (C=O) groups excluding carboxylic acids is 2. The van der Waals surface area contributed by atoms with E-state index in [0.717, 1.165) is 28.4 Å². The molecule has 2 aromatic rings. The summed E-state index contributed by atoms with van der Waals surface area (Å²) in [5.74, 6) is 0.0232. The number of nitrogens with one attached hydrogen (secondary N) is 1. The first-order valence-corrected chi connectivity index (χ1v) is 9.47. The molecule has 0 radical (unpaired) electrons. The van der Waals surface area contributed by atoms with Crippen molar-refractivity contribution >= 4 is 27.9 Å². The Morgan fingerprint density at radius 1 is 1.15 bits per heavy atom. The van der Waals surface area contributed by atoms with Crippen LogP contribution in [0.3, 0.4) is 0 Å². The second-order valence-electron chi connectivity index (χ2n) is 6.56. The molecule has 0 aromatic heterocycles. The van der Waals surface area contributed by atoms with E-state index < -0.39 is 12.1 Å². The molecule has 3 rings (SSSR count). The normalized spacial score (nSPS) is 14.5. The van der Waals surface area contributed by atoms with E-state index in [2.05, 4.69) is 21.2 Å². The van der Waals surface area contributed by atoms with E-state index in [9.17, 15) is 9.59 Å². The lowest BCUT2D eigenvalue weighted by Gasteiger charge is -2.26. The Bertz CT molecular complexity index is 778. The van der Waals surface area contributed by atoms with E-state index in [-0.39, 0.29) is 12.3 Å². The van der Waals surface area contributed by atoms with Crippen molar-refractivity contribution in [2.24, 2.45) is 5.73 Å². The van der Waals surface area contributed by atoms with E-state index in [1.165, 1.54) is 0 Å². The van der Waals surface area contributed by atoms with E-state index in [1.54, 1.807) is 0 Å². The zero-order chi connectivity index (χ0) is 18.5. The summed E-state index contributed by atoms with van der Waals surface area (Å²) in [6, 6.07) is 16.7. The molecule has 3 amide bonds. The highest BCUT2D eigenvalue weighted by molar-refractivity contribution is 9.10. The zero-order valence-electron chi connectivity index (χ0n) is 14.4. The molecule has 0 unspecified atom stereocenters. The maximum absolute atomic E-state index is 13.0. The second kappa shape index (κ2) is 8.36. The highest BCUT2D eigenvalue weighted by Gasteiger charge is 2.33. The number of hydrogen-bond donors (Lipinski definition) is 2. The minimum absolute atomic E-state index is 0.0232. The van der Waals surface area contributed by atoms with Gasteiger partial charge in [0.05, 0.1) is 12.5 Å². The van der Waals surface area contributed by atoms with Gasteiger partial charge in [-0.25, -0.2) is 4.79 Å². The van der Waals surface area contributed by atoms with Crippen molar-refractivity contribution in [3.63, 3.8) is 0 Å². The molecule has 0 heterocycles. The quantitative estimate of drug-likeness (QED) is 0.722. The van der Waals surface area contributed by atoms with Crippen molar-refractivity contribution in [2.45, 2.75) is 37.9 Å². The van der Waals surface area contributed by atoms with Gasteiger partial charge in [-0.3, -0.25) is 4.79 Å². The van der Waals surface area contributed by atoms with E-state index in [1.807, 2.05) is 59.5 Å². The van der Waals surface area contributed by atoms with Crippen molar-refractivity contribution in [2.75, 3.05) is 0 Å². The first-order chi connectivity index (χ1) is 12.5. The summed E-state index contributed by atoms with van der Waals surface area (Å²) in [5, 5.41) is 2.70. The van der Waals surface area contributed by atoms with Gasteiger partial charge in [0.25, 0.3) is 0 Å². The standard InChI is InChI=1S/C20H22BrN3O2/c21-16-8-4-7-15(11-16)18(23-20(22)26)12-19(25)24(17-9-10-17)13-14-5-2-1-3-6-14/h1-8,11,17-18H,9-10,12-13H2,(H3,22,23,26)/t18-/m1/s1. The highest BCUT2D eigenvalue weighted by Crippen LogP contribution is 2.30. The van der Waals surface area contributed by atoms with Crippen molar-refractivity contribution in [1.82, 2.24) is 10.2 Å². The SMILES string of the molecule is NC(=O)N[C@H](CC(=O)N(Cc1ccccc1)C1CC1)c1cccc(Br)c1. The maximum Gasteiger partial charge on any atom is 0.312 e. The lowest BCUT2D eigenvalue weighted by molar-refractivity contribution is -0.133. The van der Waals surface area contributed by atoms with Crippen LogP contribution in [0.15, 0.2) is 59.1 Å². The number of rotatable bonds is 7. The van der Waals surface area contributed by atoms with Crippen LogP contribution in [0.2, 0.25) is 0 Å². The van der Waals surface area contributed by atoms with Crippen molar-refractivity contribution in [3.05, 3.63) is 70.2 Å². The van der Waals surface area contributed by atoms with Gasteiger partial charge < -0.3 is 16.0 Å². The summed E-state index contributed by atoms with van der Waals surface area (Å²) in [7, 11) is 0. The van der Waals surface area contributed by atoms with Crippen LogP contribution in [0.5, 0.6) is 0 Å². The Labute approximate surface area is 161 Å². The van der Waals surface area contributed by atoms with Crippen molar-refractivity contribution in [3.8, 4) is 0 Å². The smallest absolute Gasteiger partial charge is 0.312 e. The predicted octanol–water partition coefficient (Wildman–Crippen LogP) is 3.74. The number of carbonyl (C=O) groups is 2. The first-order valence-electron chi connectivity index (χ1n) is 8.68. The molecule has 0 bridgehead atoms. The molecular weight excluding hydrogens is 394 g/mol. The summed E-state index contributed by atoms with van der Waals surface area (Å²) in [5.41, 5.74) is 7.28. The van der Waals surface area contributed by atoms with Gasteiger partial charge in [0.1, 0.15) is 0 Å². The number of hydrogen-bond acceptors (Lipinski definition) is 2. The average Bonchev–Trinajstić information content (AvgIpc) is 3.44. The Balaban J connectivity index is 1.75. The molecule has 1 atom stereocenters. The van der Waals surface area contributed by atoms with E-state index in [4.69, 9.17) is 5.73 Å². The Kier molecular flexibility index (Phi) is 5.93. The van der Waals surface area contributed by atoms with Gasteiger partial charge in [-0.1, -0.05) is 58.4 Å². The van der Waals surface area contributed by atoms with Crippen LogP contribution in [0.25, 0.3) is 0 Å². The third-order valence-corrected chi connectivity index (χ3v) is 4.94. The van der Waals surface area contributed by atoms with Gasteiger partial charge in [-0.15, -0.1) is 0 Å². The van der Waals surface area contributed by atoms with Gasteiger partial charge in [-0.05, 0) is 36.1 Å². The van der Waals surface area contributed by atoms with Gasteiger partial charge in [-0.2, -0.15) is 0 Å². The van der Waals surface area contributed by atoms with E-state index in [0.29, 0.717) is 12.6 Å². The van der Waals surface area contributed by atoms with Crippen molar-refractivity contribution < 1.29 is 9.59 Å². The van der Waals surface area contributed by atoms with Crippen LogP contribution in [0, 0.1) is 0 Å². The number of amides is 3. The number of benzene rings is 2. The molecule has 0 saturated heterocycles. The summed E-state index contributed by atoms with van der Waals surface area (Å²) >= 11 is 3.43. The molecule has 1 aliphatic carbocycles. The average molecular weight is 416 g/mol. The topological polar surface area (TPSA) is 75.4 Å².